The number of hydrogen-bond acceptors (Lipinski definition) is 4. The fourth-order valence-electron chi connectivity index (χ4n) is 1.81. The minimum atomic E-state index is -1.04. The SMILES string of the molecule is CC(c1ccccc1Cl)N(C)c1ncc(C(=O)O)cn1. The van der Waals surface area contributed by atoms with Crippen LogP contribution in [0.25, 0.3) is 0 Å². The number of nitrogens with zero attached hydrogens (tertiary/aromatic N) is 3. The standard InChI is InChI=1S/C14H14ClN3O2/c1-9(11-5-3-4-6-12(11)15)18(2)14-16-7-10(8-17-14)13(19)20/h3-9H,1-2H3,(H,19,20). The normalized spacial score (nSPS) is 11.9. The third-order valence-corrected chi connectivity index (χ3v) is 3.48. The number of halogens is 1. The minimum absolute atomic E-state index is 0.0284. The van der Waals surface area contributed by atoms with Gasteiger partial charge in [0.1, 0.15) is 0 Å². The van der Waals surface area contributed by atoms with Crippen molar-refractivity contribution in [2.24, 2.45) is 0 Å². The van der Waals surface area contributed by atoms with Gasteiger partial charge in [0, 0.05) is 24.5 Å². The number of aromatic carboxylic acids is 1. The zero-order chi connectivity index (χ0) is 14.7. The summed E-state index contributed by atoms with van der Waals surface area (Å²) in [5.41, 5.74) is 1.02. The van der Waals surface area contributed by atoms with Gasteiger partial charge in [-0.3, -0.25) is 0 Å². The highest BCUT2D eigenvalue weighted by Crippen LogP contribution is 2.27. The first-order chi connectivity index (χ1) is 9.50. The molecule has 0 fully saturated rings. The summed E-state index contributed by atoms with van der Waals surface area (Å²) in [5.74, 6) is -0.597. The van der Waals surface area contributed by atoms with Gasteiger partial charge in [0.15, 0.2) is 0 Å². The Bertz CT molecular complexity index is 616. The molecular weight excluding hydrogens is 278 g/mol. The molecule has 2 rings (SSSR count). The number of carbonyl (C=O) groups is 1. The van der Waals surface area contributed by atoms with Crippen LogP contribution in [-0.4, -0.2) is 28.1 Å². The molecule has 1 unspecified atom stereocenters. The van der Waals surface area contributed by atoms with Crippen LogP contribution in [0.3, 0.4) is 0 Å². The summed E-state index contributed by atoms with van der Waals surface area (Å²) in [4.78, 5) is 20.7. The Morgan fingerprint density at radius 3 is 2.45 bits per heavy atom. The number of aromatic nitrogens is 2. The Morgan fingerprint density at radius 1 is 1.30 bits per heavy atom. The molecule has 1 atom stereocenters. The molecule has 0 bridgehead atoms. The Kier molecular flexibility index (Phi) is 4.20. The molecule has 0 spiro atoms. The molecule has 0 amide bonds. The van der Waals surface area contributed by atoms with Crippen molar-refractivity contribution in [3.8, 4) is 0 Å². The fraction of sp³-hybridized carbons (Fsp3) is 0.214. The lowest BCUT2D eigenvalue weighted by Gasteiger charge is -2.25. The van der Waals surface area contributed by atoms with Gasteiger partial charge >= 0.3 is 5.97 Å². The summed E-state index contributed by atoms with van der Waals surface area (Å²) < 4.78 is 0. The number of carboxylic acids is 1. The van der Waals surface area contributed by atoms with Crippen LogP contribution in [0, 0.1) is 0 Å². The minimum Gasteiger partial charge on any atom is -0.478 e. The van der Waals surface area contributed by atoms with Gasteiger partial charge in [0.05, 0.1) is 11.6 Å². The number of rotatable bonds is 4. The van der Waals surface area contributed by atoms with Gasteiger partial charge in [-0.1, -0.05) is 29.8 Å². The lowest BCUT2D eigenvalue weighted by atomic mass is 10.1. The molecule has 0 saturated heterocycles. The zero-order valence-electron chi connectivity index (χ0n) is 11.1. The molecular formula is C14H14ClN3O2. The van der Waals surface area contributed by atoms with E-state index in [0.29, 0.717) is 11.0 Å². The average Bonchev–Trinajstić information content (AvgIpc) is 2.46. The Hall–Kier alpha value is -2.14. The van der Waals surface area contributed by atoms with E-state index in [1.165, 1.54) is 12.4 Å². The smallest absolute Gasteiger partial charge is 0.338 e. The van der Waals surface area contributed by atoms with E-state index in [2.05, 4.69) is 9.97 Å². The fourth-order valence-corrected chi connectivity index (χ4v) is 2.10. The Labute approximate surface area is 121 Å². The molecule has 1 aromatic heterocycles. The highest BCUT2D eigenvalue weighted by molar-refractivity contribution is 6.31. The van der Waals surface area contributed by atoms with Crippen LogP contribution in [-0.2, 0) is 0 Å². The molecule has 0 aliphatic carbocycles. The lowest BCUT2D eigenvalue weighted by Crippen LogP contribution is -2.24. The van der Waals surface area contributed by atoms with Gasteiger partial charge in [-0.15, -0.1) is 0 Å². The van der Waals surface area contributed by atoms with Crippen LogP contribution in [0.4, 0.5) is 5.95 Å². The van der Waals surface area contributed by atoms with Crippen LogP contribution >= 0.6 is 11.6 Å². The first kappa shape index (κ1) is 14.3. The highest BCUT2D eigenvalue weighted by Gasteiger charge is 2.17. The number of anilines is 1. The quantitative estimate of drug-likeness (QED) is 0.938. The van der Waals surface area contributed by atoms with Crippen molar-refractivity contribution in [3.05, 3.63) is 52.8 Å². The molecule has 0 aliphatic heterocycles. The molecule has 6 heteroatoms. The number of carboxylic acid groups (broad SMARTS) is 1. The van der Waals surface area contributed by atoms with Crippen molar-refractivity contribution in [2.45, 2.75) is 13.0 Å². The van der Waals surface area contributed by atoms with E-state index in [9.17, 15) is 4.79 Å². The first-order valence-electron chi connectivity index (χ1n) is 6.03. The largest absolute Gasteiger partial charge is 0.478 e. The van der Waals surface area contributed by atoms with Crippen molar-refractivity contribution in [3.63, 3.8) is 0 Å². The Balaban J connectivity index is 2.24. The second-order valence-electron chi connectivity index (χ2n) is 4.39. The van der Waals surface area contributed by atoms with Crippen LogP contribution in [0.15, 0.2) is 36.7 Å². The number of hydrogen-bond donors (Lipinski definition) is 1. The summed E-state index contributed by atoms with van der Waals surface area (Å²) in [6.07, 6.45) is 2.58. The topological polar surface area (TPSA) is 66.3 Å². The monoisotopic (exact) mass is 291 g/mol. The predicted molar refractivity (Wildman–Crippen MR) is 77.3 cm³/mol. The van der Waals surface area contributed by atoms with Gasteiger partial charge < -0.3 is 10.0 Å². The van der Waals surface area contributed by atoms with Gasteiger partial charge in [0.2, 0.25) is 5.95 Å². The van der Waals surface area contributed by atoms with E-state index in [4.69, 9.17) is 16.7 Å². The third kappa shape index (κ3) is 2.88. The van der Waals surface area contributed by atoms with Crippen molar-refractivity contribution < 1.29 is 9.90 Å². The highest BCUT2D eigenvalue weighted by atomic mass is 35.5. The maximum absolute atomic E-state index is 10.8. The van der Waals surface area contributed by atoms with E-state index in [1.54, 1.807) is 0 Å². The summed E-state index contributed by atoms with van der Waals surface area (Å²) >= 11 is 6.17. The molecule has 5 nitrogen and oxygen atoms in total. The lowest BCUT2D eigenvalue weighted by molar-refractivity contribution is 0.0696. The Morgan fingerprint density at radius 2 is 1.90 bits per heavy atom. The molecule has 2 aromatic rings. The second-order valence-corrected chi connectivity index (χ2v) is 4.79. The summed E-state index contributed by atoms with van der Waals surface area (Å²) in [6.45, 7) is 1.98. The summed E-state index contributed by atoms with van der Waals surface area (Å²) in [7, 11) is 1.84. The maximum atomic E-state index is 10.8. The maximum Gasteiger partial charge on any atom is 0.338 e. The van der Waals surface area contributed by atoms with Crippen LogP contribution in [0.1, 0.15) is 28.9 Å². The van der Waals surface area contributed by atoms with Crippen LogP contribution < -0.4 is 4.90 Å². The van der Waals surface area contributed by atoms with Crippen molar-refractivity contribution in [1.82, 2.24) is 9.97 Å². The first-order valence-corrected chi connectivity index (χ1v) is 6.41. The number of benzene rings is 1. The van der Waals surface area contributed by atoms with E-state index in [1.807, 2.05) is 43.1 Å². The van der Waals surface area contributed by atoms with Crippen molar-refractivity contribution in [1.29, 1.82) is 0 Å². The molecule has 1 N–H and O–H groups in total. The van der Waals surface area contributed by atoms with Crippen molar-refractivity contribution in [2.75, 3.05) is 11.9 Å². The summed E-state index contributed by atoms with van der Waals surface area (Å²) in [6, 6.07) is 7.53. The van der Waals surface area contributed by atoms with Gasteiger partial charge in [-0.2, -0.15) is 0 Å². The van der Waals surface area contributed by atoms with Crippen LogP contribution in [0.5, 0.6) is 0 Å². The molecule has 20 heavy (non-hydrogen) atoms. The van der Waals surface area contributed by atoms with E-state index in [0.717, 1.165) is 5.56 Å². The molecule has 1 aromatic carbocycles. The van der Waals surface area contributed by atoms with Gasteiger partial charge in [-0.05, 0) is 18.6 Å². The van der Waals surface area contributed by atoms with Crippen LogP contribution in [0.2, 0.25) is 5.02 Å². The van der Waals surface area contributed by atoms with E-state index in [-0.39, 0.29) is 11.6 Å². The predicted octanol–water partition coefficient (Wildman–Crippen LogP) is 3.03. The zero-order valence-corrected chi connectivity index (χ0v) is 11.9. The van der Waals surface area contributed by atoms with Gasteiger partial charge in [0.25, 0.3) is 0 Å². The average molecular weight is 292 g/mol. The second kappa shape index (κ2) is 5.88. The summed E-state index contributed by atoms with van der Waals surface area (Å²) in [5, 5.41) is 9.50. The molecule has 0 radical (unpaired) electrons. The molecule has 1 heterocycles. The van der Waals surface area contributed by atoms with E-state index >= 15 is 0 Å². The van der Waals surface area contributed by atoms with Gasteiger partial charge in [-0.25, -0.2) is 14.8 Å². The molecule has 0 saturated carbocycles. The van der Waals surface area contributed by atoms with Crippen molar-refractivity contribution >= 4 is 23.5 Å². The third-order valence-electron chi connectivity index (χ3n) is 3.14. The van der Waals surface area contributed by atoms with E-state index < -0.39 is 5.97 Å². The molecule has 0 aliphatic rings. The molecule has 104 valence electrons.